The summed E-state index contributed by atoms with van der Waals surface area (Å²) in [6, 6.07) is 1.23. The molecule has 0 saturated heterocycles. The van der Waals surface area contributed by atoms with Crippen LogP contribution in [-0.4, -0.2) is 27.7 Å². The summed E-state index contributed by atoms with van der Waals surface area (Å²) in [5, 5.41) is 9.39. The second-order valence-corrected chi connectivity index (χ2v) is 6.26. The summed E-state index contributed by atoms with van der Waals surface area (Å²) in [4.78, 5) is 0. The molecule has 96 valence electrons. The monoisotopic (exact) mass is 300 g/mol. The van der Waals surface area contributed by atoms with E-state index < -0.39 is 14.8 Å². The van der Waals surface area contributed by atoms with Gasteiger partial charge in [0.15, 0.2) is 11.5 Å². The highest BCUT2D eigenvalue weighted by molar-refractivity contribution is 8.13. The average molecular weight is 301 g/mol. The Kier molecular flexibility index (Phi) is 4.35. The van der Waals surface area contributed by atoms with Gasteiger partial charge in [-0.25, -0.2) is 8.42 Å². The van der Waals surface area contributed by atoms with Crippen molar-refractivity contribution in [3.8, 4) is 17.2 Å². The Hall–Kier alpha value is -0.850. The second-order valence-electron chi connectivity index (χ2n) is 3.11. The maximum absolute atomic E-state index is 11.1. The second kappa shape index (κ2) is 5.20. The molecular formula is C9H10Cl2O5S. The lowest BCUT2D eigenvalue weighted by Crippen LogP contribution is -2.02. The lowest BCUT2D eigenvalue weighted by molar-refractivity contribution is 0.349. The molecule has 0 amide bonds. The molecule has 0 saturated carbocycles. The van der Waals surface area contributed by atoms with Crippen LogP contribution in [0.15, 0.2) is 6.07 Å². The van der Waals surface area contributed by atoms with Gasteiger partial charge in [0.25, 0.3) is 0 Å². The van der Waals surface area contributed by atoms with E-state index in [-0.39, 0.29) is 27.8 Å². The van der Waals surface area contributed by atoms with E-state index in [1.807, 2.05) is 0 Å². The SMILES string of the molecule is COc1cc(O)c(Cl)c(CS(=O)(=O)Cl)c1OC. The standard InChI is InChI=1S/C9H10Cl2O5S/c1-15-7-3-6(12)8(10)5(9(7)16-2)4-17(11,13)14/h3,12H,4H2,1-2H3. The molecule has 1 aromatic carbocycles. The Balaban J connectivity index is 3.49. The van der Waals surface area contributed by atoms with Crippen molar-refractivity contribution in [3.63, 3.8) is 0 Å². The van der Waals surface area contributed by atoms with Crippen LogP contribution in [-0.2, 0) is 14.8 Å². The smallest absolute Gasteiger partial charge is 0.236 e. The van der Waals surface area contributed by atoms with Crippen LogP contribution >= 0.6 is 22.3 Å². The van der Waals surface area contributed by atoms with Crippen molar-refractivity contribution in [2.75, 3.05) is 14.2 Å². The molecule has 0 heterocycles. The summed E-state index contributed by atoms with van der Waals surface area (Å²) in [7, 11) is 4.00. The fraction of sp³-hybridized carbons (Fsp3) is 0.333. The summed E-state index contributed by atoms with van der Waals surface area (Å²) < 4.78 is 32.1. The number of phenols is 1. The van der Waals surface area contributed by atoms with Crippen molar-refractivity contribution in [2.45, 2.75) is 5.75 Å². The number of phenolic OH excluding ortho intramolecular Hbond substituents is 1. The summed E-state index contributed by atoms with van der Waals surface area (Å²) in [5.41, 5.74) is 0.0565. The topological polar surface area (TPSA) is 72.8 Å². The molecule has 17 heavy (non-hydrogen) atoms. The summed E-state index contributed by atoms with van der Waals surface area (Å²) in [6.07, 6.45) is 0. The van der Waals surface area contributed by atoms with Gasteiger partial charge in [-0.3, -0.25) is 0 Å². The quantitative estimate of drug-likeness (QED) is 0.862. The normalized spacial score (nSPS) is 11.3. The van der Waals surface area contributed by atoms with Crippen LogP contribution < -0.4 is 9.47 Å². The molecule has 0 fully saturated rings. The molecule has 0 aliphatic rings. The number of ether oxygens (including phenoxy) is 2. The van der Waals surface area contributed by atoms with E-state index >= 15 is 0 Å². The zero-order valence-corrected chi connectivity index (χ0v) is 11.4. The molecular weight excluding hydrogens is 291 g/mol. The third kappa shape index (κ3) is 3.31. The highest BCUT2D eigenvalue weighted by Crippen LogP contribution is 2.42. The van der Waals surface area contributed by atoms with E-state index in [9.17, 15) is 13.5 Å². The van der Waals surface area contributed by atoms with Crippen molar-refractivity contribution < 1.29 is 23.0 Å². The Morgan fingerprint density at radius 3 is 2.35 bits per heavy atom. The lowest BCUT2D eigenvalue weighted by Gasteiger charge is -2.14. The lowest BCUT2D eigenvalue weighted by atomic mass is 10.2. The van der Waals surface area contributed by atoms with E-state index in [4.69, 9.17) is 31.8 Å². The molecule has 0 atom stereocenters. The molecule has 1 N–H and O–H groups in total. The minimum Gasteiger partial charge on any atom is -0.506 e. The van der Waals surface area contributed by atoms with Crippen molar-refractivity contribution in [3.05, 3.63) is 16.7 Å². The van der Waals surface area contributed by atoms with Gasteiger partial charge in [-0.05, 0) is 0 Å². The minimum absolute atomic E-state index is 0.0565. The number of benzene rings is 1. The first-order valence-corrected chi connectivity index (χ1v) is 7.20. The van der Waals surface area contributed by atoms with Crippen LogP contribution in [0.25, 0.3) is 0 Å². The molecule has 0 bridgehead atoms. The molecule has 0 spiro atoms. The molecule has 8 heteroatoms. The minimum atomic E-state index is -3.83. The van der Waals surface area contributed by atoms with Gasteiger partial charge in [0.1, 0.15) is 5.75 Å². The molecule has 5 nitrogen and oxygen atoms in total. The fourth-order valence-electron chi connectivity index (χ4n) is 1.33. The van der Waals surface area contributed by atoms with Crippen LogP contribution in [0.2, 0.25) is 5.02 Å². The maximum Gasteiger partial charge on any atom is 0.236 e. The van der Waals surface area contributed by atoms with Gasteiger partial charge >= 0.3 is 0 Å². The van der Waals surface area contributed by atoms with E-state index in [0.29, 0.717) is 0 Å². The van der Waals surface area contributed by atoms with E-state index in [2.05, 4.69) is 0 Å². The van der Waals surface area contributed by atoms with Crippen LogP contribution in [0, 0.1) is 0 Å². The highest BCUT2D eigenvalue weighted by atomic mass is 35.7. The van der Waals surface area contributed by atoms with Gasteiger partial charge in [0.2, 0.25) is 9.05 Å². The van der Waals surface area contributed by atoms with Gasteiger partial charge in [0.05, 0.1) is 25.0 Å². The van der Waals surface area contributed by atoms with Gasteiger partial charge < -0.3 is 14.6 Å². The number of hydrogen-bond acceptors (Lipinski definition) is 5. The predicted molar refractivity (Wildman–Crippen MR) is 64.7 cm³/mol. The molecule has 0 radical (unpaired) electrons. The molecule has 1 rings (SSSR count). The predicted octanol–water partition coefficient (Wildman–Crippen LogP) is 2.13. The van der Waals surface area contributed by atoms with E-state index in [1.54, 1.807) is 0 Å². The Morgan fingerprint density at radius 2 is 1.94 bits per heavy atom. The van der Waals surface area contributed by atoms with E-state index in [0.717, 1.165) is 0 Å². The average Bonchev–Trinajstić information content (AvgIpc) is 2.22. The Morgan fingerprint density at radius 1 is 1.35 bits per heavy atom. The third-order valence-corrected chi connectivity index (χ3v) is 3.38. The first kappa shape index (κ1) is 14.2. The third-order valence-electron chi connectivity index (χ3n) is 2.00. The summed E-state index contributed by atoms with van der Waals surface area (Å²) in [6.45, 7) is 0. The fourth-order valence-corrected chi connectivity index (χ4v) is 2.57. The number of aromatic hydroxyl groups is 1. The van der Waals surface area contributed by atoms with Crippen LogP contribution in [0.4, 0.5) is 0 Å². The Labute approximate surface area is 108 Å². The number of rotatable bonds is 4. The summed E-state index contributed by atoms with van der Waals surface area (Å²) >= 11 is 5.80. The van der Waals surface area contributed by atoms with Crippen LogP contribution in [0.1, 0.15) is 5.56 Å². The molecule has 0 aliphatic heterocycles. The first-order valence-electron chi connectivity index (χ1n) is 4.34. The van der Waals surface area contributed by atoms with Crippen LogP contribution in [0.5, 0.6) is 17.2 Å². The molecule has 0 aliphatic carbocycles. The maximum atomic E-state index is 11.1. The molecule has 1 aromatic rings. The van der Waals surface area contributed by atoms with Gasteiger partial charge in [0, 0.05) is 22.3 Å². The summed E-state index contributed by atoms with van der Waals surface area (Å²) in [5.74, 6) is -0.578. The van der Waals surface area contributed by atoms with Crippen molar-refractivity contribution in [2.24, 2.45) is 0 Å². The largest absolute Gasteiger partial charge is 0.506 e. The highest BCUT2D eigenvalue weighted by Gasteiger charge is 2.22. The van der Waals surface area contributed by atoms with Gasteiger partial charge in [-0.1, -0.05) is 11.6 Å². The van der Waals surface area contributed by atoms with Gasteiger partial charge in [-0.2, -0.15) is 0 Å². The Bertz CT molecular complexity index is 527. The van der Waals surface area contributed by atoms with Crippen molar-refractivity contribution >= 4 is 31.3 Å². The number of methoxy groups -OCH3 is 2. The number of hydrogen-bond donors (Lipinski definition) is 1. The van der Waals surface area contributed by atoms with Gasteiger partial charge in [-0.15, -0.1) is 0 Å². The molecule has 0 unspecified atom stereocenters. The molecule has 0 aromatic heterocycles. The zero-order valence-electron chi connectivity index (χ0n) is 9.03. The zero-order chi connectivity index (χ0) is 13.2. The van der Waals surface area contributed by atoms with Crippen molar-refractivity contribution in [1.29, 1.82) is 0 Å². The van der Waals surface area contributed by atoms with Crippen LogP contribution in [0.3, 0.4) is 0 Å². The van der Waals surface area contributed by atoms with E-state index in [1.165, 1.54) is 20.3 Å². The van der Waals surface area contributed by atoms with Crippen molar-refractivity contribution in [1.82, 2.24) is 0 Å². The first-order chi connectivity index (χ1) is 7.80. The number of halogens is 2.